The van der Waals surface area contributed by atoms with Crippen molar-refractivity contribution in [3.05, 3.63) is 28.2 Å². The van der Waals surface area contributed by atoms with E-state index < -0.39 is 0 Å². The van der Waals surface area contributed by atoms with E-state index in [9.17, 15) is 9.59 Å². The summed E-state index contributed by atoms with van der Waals surface area (Å²) in [6.07, 6.45) is 4.29. The van der Waals surface area contributed by atoms with Crippen molar-refractivity contribution >= 4 is 40.6 Å². The molecule has 2 aliphatic rings. The zero-order chi connectivity index (χ0) is 15.0. The molecule has 0 aromatic heterocycles. The number of fused-ring (bicyclic) bond motifs is 2. The highest BCUT2D eigenvalue weighted by atomic mass is 35.5. The Morgan fingerprint density at radius 2 is 1.81 bits per heavy atom. The van der Waals surface area contributed by atoms with Gasteiger partial charge in [0.2, 0.25) is 5.91 Å². The summed E-state index contributed by atoms with van der Waals surface area (Å²) in [7, 11) is 0. The van der Waals surface area contributed by atoms with E-state index in [-0.39, 0.29) is 23.7 Å². The Morgan fingerprint density at radius 3 is 2.48 bits per heavy atom. The van der Waals surface area contributed by atoms with Crippen LogP contribution in [0.15, 0.2) is 18.2 Å². The van der Waals surface area contributed by atoms with Gasteiger partial charge in [-0.3, -0.25) is 9.59 Å². The van der Waals surface area contributed by atoms with Gasteiger partial charge in [0.05, 0.1) is 10.7 Å². The van der Waals surface area contributed by atoms with E-state index in [1.807, 2.05) is 0 Å². The molecule has 2 saturated carbocycles. The average Bonchev–Trinajstić information content (AvgIpc) is 2.42. The molecule has 2 unspecified atom stereocenters. The summed E-state index contributed by atoms with van der Waals surface area (Å²) in [4.78, 5) is 24.5. The first-order chi connectivity index (χ1) is 10.0. The first-order valence-corrected chi connectivity index (χ1v) is 8.10. The van der Waals surface area contributed by atoms with Gasteiger partial charge in [0.15, 0.2) is 0 Å². The molecule has 1 aromatic carbocycles. The van der Waals surface area contributed by atoms with Gasteiger partial charge in [-0.2, -0.15) is 0 Å². The normalized spacial score (nSPS) is 28.3. The molecule has 21 heavy (non-hydrogen) atoms. The monoisotopic (exact) mass is 325 g/mol. The number of halogens is 2. The molecule has 5 heteroatoms. The summed E-state index contributed by atoms with van der Waals surface area (Å²) in [5.41, 5.74) is 0.538. The molecule has 0 saturated heterocycles. The van der Waals surface area contributed by atoms with Gasteiger partial charge in [-0.25, -0.2) is 0 Å². The summed E-state index contributed by atoms with van der Waals surface area (Å²) >= 11 is 12.0. The molecule has 2 aliphatic carbocycles. The number of carbonyl (C=O) groups excluding carboxylic acids is 2. The van der Waals surface area contributed by atoms with Crippen LogP contribution < -0.4 is 5.32 Å². The van der Waals surface area contributed by atoms with Crippen LogP contribution in [0, 0.1) is 17.8 Å². The first kappa shape index (κ1) is 14.9. The third-order valence-electron chi connectivity index (χ3n) is 4.61. The van der Waals surface area contributed by atoms with Gasteiger partial charge in [0.1, 0.15) is 5.78 Å². The van der Waals surface area contributed by atoms with Crippen LogP contribution in [-0.4, -0.2) is 11.7 Å². The first-order valence-electron chi connectivity index (χ1n) is 7.34. The largest absolute Gasteiger partial charge is 0.324 e. The number of benzene rings is 1. The predicted molar refractivity (Wildman–Crippen MR) is 83.7 cm³/mol. The fourth-order valence-electron chi connectivity index (χ4n) is 3.52. The minimum Gasteiger partial charge on any atom is -0.324 e. The Kier molecular flexibility index (Phi) is 4.23. The molecular weight excluding hydrogens is 309 g/mol. The highest BCUT2D eigenvalue weighted by molar-refractivity contribution is 6.35. The number of nitrogens with one attached hydrogen (secondary N) is 1. The highest BCUT2D eigenvalue weighted by Gasteiger charge is 2.41. The predicted octanol–water partition coefficient (Wildman–Crippen LogP) is 4.33. The van der Waals surface area contributed by atoms with E-state index in [0.29, 0.717) is 34.4 Å². The molecule has 0 spiro atoms. The molecule has 3 rings (SSSR count). The summed E-state index contributed by atoms with van der Waals surface area (Å²) < 4.78 is 0. The van der Waals surface area contributed by atoms with Gasteiger partial charge >= 0.3 is 0 Å². The number of hydrogen-bond acceptors (Lipinski definition) is 2. The van der Waals surface area contributed by atoms with Crippen molar-refractivity contribution in [1.29, 1.82) is 0 Å². The van der Waals surface area contributed by atoms with Crippen LogP contribution in [0.4, 0.5) is 5.69 Å². The SMILES string of the molecule is O=C(Nc1cc(Cl)ccc1Cl)C1CC2CCCC(C1)C2=O. The third kappa shape index (κ3) is 3.09. The van der Waals surface area contributed by atoms with Crippen molar-refractivity contribution in [2.24, 2.45) is 17.8 Å². The molecule has 2 bridgehead atoms. The Morgan fingerprint density at radius 1 is 1.14 bits per heavy atom. The van der Waals surface area contributed by atoms with Crippen LogP contribution >= 0.6 is 23.2 Å². The lowest BCUT2D eigenvalue weighted by Crippen LogP contribution is -2.40. The Hall–Kier alpha value is -1.06. The second-order valence-electron chi connectivity index (χ2n) is 6.01. The maximum atomic E-state index is 12.4. The van der Waals surface area contributed by atoms with Crippen LogP contribution in [0.1, 0.15) is 32.1 Å². The van der Waals surface area contributed by atoms with Crippen LogP contribution in [-0.2, 0) is 9.59 Å². The van der Waals surface area contributed by atoms with E-state index in [4.69, 9.17) is 23.2 Å². The fraction of sp³-hybridized carbons (Fsp3) is 0.500. The lowest BCUT2D eigenvalue weighted by atomic mass is 9.67. The van der Waals surface area contributed by atoms with E-state index in [2.05, 4.69) is 5.32 Å². The minimum atomic E-state index is -0.104. The van der Waals surface area contributed by atoms with Gasteiger partial charge < -0.3 is 5.32 Å². The Balaban J connectivity index is 1.71. The zero-order valence-electron chi connectivity index (χ0n) is 11.6. The third-order valence-corrected chi connectivity index (χ3v) is 5.17. The molecule has 1 N–H and O–H groups in total. The molecule has 1 aromatic rings. The highest BCUT2D eigenvalue weighted by Crippen LogP contribution is 2.40. The smallest absolute Gasteiger partial charge is 0.227 e. The zero-order valence-corrected chi connectivity index (χ0v) is 13.1. The second kappa shape index (κ2) is 5.98. The molecule has 0 radical (unpaired) electrons. The topological polar surface area (TPSA) is 46.2 Å². The van der Waals surface area contributed by atoms with E-state index in [1.54, 1.807) is 18.2 Å². The molecule has 2 fully saturated rings. The van der Waals surface area contributed by atoms with Crippen molar-refractivity contribution in [2.75, 3.05) is 5.32 Å². The molecule has 1 amide bonds. The van der Waals surface area contributed by atoms with Crippen molar-refractivity contribution in [2.45, 2.75) is 32.1 Å². The van der Waals surface area contributed by atoms with Gasteiger partial charge in [-0.05, 0) is 43.9 Å². The number of Topliss-reactive ketones (excluding diaryl/α,β-unsaturated/α-hetero) is 1. The van der Waals surface area contributed by atoms with E-state index in [1.165, 1.54) is 0 Å². The molecular formula is C16H17Cl2NO2. The van der Waals surface area contributed by atoms with Crippen LogP contribution in [0.5, 0.6) is 0 Å². The fourth-order valence-corrected chi connectivity index (χ4v) is 3.86. The number of hydrogen-bond donors (Lipinski definition) is 1. The molecule has 0 aliphatic heterocycles. The second-order valence-corrected chi connectivity index (χ2v) is 6.85. The van der Waals surface area contributed by atoms with E-state index >= 15 is 0 Å². The van der Waals surface area contributed by atoms with Crippen molar-refractivity contribution in [3.8, 4) is 0 Å². The van der Waals surface area contributed by atoms with Gasteiger partial charge in [-0.1, -0.05) is 29.6 Å². The standard InChI is InChI=1S/C16H17Cl2NO2/c17-12-4-5-13(18)14(8-12)19-16(21)11-6-9-2-1-3-10(7-11)15(9)20/h4-5,8-11H,1-3,6-7H2,(H,19,21). The molecule has 0 heterocycles. The lowest BCUT2D eigenvalue weighted by Gasteiger charge is -2.37. The van der Waals surface area contributed by atoms with Gasteiger partial charge in [-0.15, -0.1) is 0 Å². The molecule has 3 nitrogen and oxygen atoms in total. The van der Waals surface area contributed by atoms with Crippen molar-refractivity contribution in [1.82, 2.24) is 0 Å². The summed E-state index contributed by atoms with van der Waals surface area (Å²) in [5.74, 6) is 0.355. The Labute approximate surface area is 134 Å². The lowest BCUT2D eigenvalue weighted by molar-refractivity contribution is -0.136. The summed E-state index contributed by atoms with van der Waals surface area (Å²) in [5, 5.41) is 3.86. The Bertz CT molecular complexity index is 572. The summed E-state index contributed by atoms with van der Waals surface area (Å²) in [6, 6.07) is 5.00. The van der Waals surface area contributed by atoms with Gasteiger partial charge in [0.25, 0.3) is 0 Å². The van der Waals surface area contributed by atoms with Gasteiger partial charge in [0, 0.05) is 22.8 Å². The molecule has 112 valence electrons. The number of anilines is 1. The van der Waals surface area contributed by atoms with Crippen molar-refractivity contribution in [3.63, 3.8) is 0 Å². The van der Waals surface area contributed by atoms with Crippen molar-refractivity contribution < 1.29 is 9.59 Å². The van der Waals surface area contributed by atoms with Crippen LogP contribution in [0.2, 0.25) is 10.0 Å². The quantitative estimate of drug-likeness (QED) is 0.879. The minimum absolute atomic E-state index is 0.0523. The summed E-state index contributed by atoms with van der Waals surface area (Å²) in [6.45, 7) is 0. The maximum absolute atomic E-state index is 12.4. The number of carbonyl (C=O) groups is 2. The van der Waals surface area contributed by atoms with E-state index in [0.717, 1.165) is 19.3 Å². The van der Waals surface area contributed by atoms with Crippen LogP contribution in [0.3, 0.4) is 0 Å². The number of amides is 1. The van der Waals surface area contributed by atoms with Crippen LogP contribution in [0.25, 0.3) is 0 Å². The maximum Gasteiger partial charge on any atom is 0.227 e. The average molecular weight is 326 g/mol. The molecule has 2 atom stereocenters. The number of rotatable bonds is 2. The number of ketones is 1.